The van der Waals surface area contributed by atoms with Gasteiger partial charge in [0.25, 0.3) is 0 Å². The molecule has 1 rings (SSSR count). The Kier molecular flexibility index (Phi) is 3.05. The topological polar surface area (TPSA) is 45.5 Å². The molecular weight excluding hydrogens is 176 g/mol. The lowest BCUT2D eigenvalue weighted by Gasteiger charge is -1.99. The number of pyridine rings is 1. The molecule has 0 aliphatic carbocycles. The molecule has 1 heterocycles. The molecule has 0 saturated carbocycles. The molecule has 1 aromatic rings. The first-order valence-electron chi connectivity index (χ1n) is 3.60. The van der Waals surface area contributed by atoms with E-state index in [1.807, 2.05) is 6.92 Å². The molecule has 0 amide bonds. The summed E-state index contributed by atoms with van der Waals surface area (Å²) in [7, 11) is 0. The van der Waals surface area contributed by atoms with Crippen LogP contribution in [0.2, 0.25) is 5.15 Å². The fraction of sp³-hybridized carbons (Fsp3) is 0.250. The highest BCUT2D eigenvalue weighted by Gasteiger charge is 2.00. The Morgan fingerprint density at radius 1 is 1.67 bits per heavy atom. The smallest absolute Gasteiger partial charge is 0.129 e. The molecule has 1 aromatic heterocycles. The van der Waals surface area contributed by atoms with E-state index in [-0.39, 0.29) is 0 Å². The molecule has 4 heteroatoms. The molecule has 0 unspecified atom stereocenters. The fourth-order valence-electron chi connectivity index (χ4n) is 0.879. The Bertz CT molecular complexity index is 282. The van der Waals surface area contributed by atoms with E-state index in [1.165, 1.54) is 0 Å². The molecule has 0 saturated heterocycles. The summed E-state index contributed by atoms with van der Waals surface area (Å²) in [5, 5.41) is 12.2. The van der Waals surface area contributed by atoms with Gasteiger partial charge < -0.3 is 5.21 Å². The molecule has 0 atom stereocenters. The van der Waals surface area contributed by atoms with E-state index in [9.17, 15) is 0 Å². The number of rotatable bonds is 2. The molecule has 0 radical (unpaired) electrons. The second-order valence-electron chi connectivity index (χ2n) is 2.27. The van der Waals surface area contributed by atoms with Crippen molar-refractivity contribution in [2.24, 2.45) is 5.16 Å². The van der Waals surface area contributed by atoms with E-state index >= 15 is 0 Å². The number of hydrogen-bond acceptors (Lipinski definition) is 3. The number of hydrogen-bond donors (Lipinski definition) is 1. The summed E-state index contributed by atoms with van der Waals surface area (Å²) in [4.78, 5) is 3.87. The van der Waals surface area contributed by atoms with Crippen molar-refractivity contribution >= 4 is 17.3 Å². The molecule has 12 heavy (non-hydrogen) atoms. The predicted molar refractivity (Wildman–Crippen MR) is 47.9 cm³/mol. The molecular formula is C8H9ClN2O. The monoisotopic (exact) mass is 184 g/mol. The Labute approximate surface area is 75.7 Å². The van der Waals surface area contributed by atoms with Crippen LogP contribution in [0.4, 0.5) is 0 Å². The summed E-state index contributed by atoms with van der Waals surface area (Å²) < 4.78 is 0. The van der Waals surface area contributed by atoms with Gasteiger partial charge >= 0.3 is 0 Å². The maximum absolute atomic E-state index is 8.58. The van der Waals surface area contributed by atoms with Gasteiger partial charge in [-0.2, -0.15) is 0 Å². The van der Waals surface area contributed by atoms with Crippen molar-refractivity contribution in [2.45, 2.75) is 13.3 Å². The summed E-state index contributed by atoms with van der Waals surface area (Å²) in [6.45, 7) is 1.91. The minimum absolute atomic E-state index is 0.437. The van der Waals surface area contributed by atoms with Gasteiger partial charge in [-0.05, 0) is 18.6 Å². The summed E-state index contributed by atoms with van der Waals surface area (Å²) in [6.07, 6.45) is 2.25. The quantitative estimate of drug-likeness (QED) is 0.332. The van der Waals surface area contributed by atoms with Crippen LogP contribution < -0.4 is 0 Å². The Balaban J connectivity index is 2.96. The Morgan fingerprint density at radius 3 is 2.83 bits per heavy atom. The van der Waals surface area contributed by atoms with Crippen LogP contribution in [0.25, 0.3) is 0 Å². The van der Waals surface area contributed by atoms with Crippen LogP contribution >= 0.6 is 11.6 Å². The summed E-state index contributed by atoms with van der Waals surface area (Å²) >= 11 is 5.59. The standard InChI is InChI=1S/C8H9ClN2O/c1-2-7(11-12)6-3-4-8(9)10-5-6/h3-5,12H,2H2,1H3. The highest BCUT2D eigenvalue weighted by atomic mass is 35.5. The van der Waals surface area contributed by atoms with Crippen molar-refractivity contribution in [3.8, 4) is 0 Å². The second-order valence-corrected chi connectivity index (χ2v) is 2.66. The summed E-state index contributed by atoms with van der Waals surface area (Å²) in [5.41, 5.74) is 1.41. The highest BCUT2D eigenvalue weighted by Crippen LogP contribution is 2.07. The first kappa shape index (κ1) is 9.00. The number of nitrogens with zero attached hydrogens (tertiary/aromatic N) is 2. The van der Waals surface area contributed by atoms with E-state index in [1.54, 1.807) is 18.3 Å². The predicted octanol–water partition coefficient (Wildman–Crippen LogP) is 2.32. The summed E-state index contributed by atoms with van der Waals surface area (Å²) in [6, 6.07) is 3.44. The zero-order chi connectivity index (χ0) is 8.97. The van der Waals surface area contributed by atoms with E-state index in [0.29, 0.717) is 17.3 Å². The van der Waals surface area contributed by atoms with Crippen molar-refractivity contribution in [1.82, 2.24) is 4.98 Å². The number of halogens is 1. The summed E-state index contributed by atoms with van der Waals surface area (Å²) in [5.74, 6) is 0. The highest BCUT2D eigenvalue weighted by molar-refractivity contribution is 6.29. The lowest BCUT2D eigenvalue weighted by atomic mass is 10.1. The first-order valence-corrected chi connectivity index (χ1v) is 3.98. The van der Waals surface area contributed by atoms with Crippen LogP contribution in [0.1, 0.15) is 18.9 Å². The van der Waals surface area contributed by atoms with Gasteiger partial charge in [0.2, 0.25) is 0 Å². The van der Waals surface area contributed by atoms with Crippen molar-refractivity contribution in [3.63, 3.8) is 0 Å². The lowest BCUT2D eigenvalue weighted by Crippen LogP contribution is -1.98. The third-order valence-corrected chi connectivity index (χ3v) is 1.74. The maximum atomic E-state index is 8.58. The van der Waals surface area contributed by atoms with Gasteiger partial charge in [-0.3, -0.25) is 0 Å². The average Bonchev–Trinajstić information content (AvgIpc) is 2.10. The van der Waals surface area contributed by atoms with Crippen LogP contribution in [-0.4, -0.2) is 15.9 Å². The number of oxime groups is 1. The van der Waals surface area contributed by atoms with Gasteiger partial charge in [-0.1, -0.05) is 23.7 Å². The minimum Gasteiger partial charge on any atom is -0.411 e. The van der Waals surface area contributed by atoms with Gasteiger partial charge in [0.15, 0.2) is 0 Å². The third-order valence-electron chi connectivity index (χ3n) is 1.52. The Morgan fingerprint density at radius 2 is 2.42 bits per heavy atom. The van der Waals surface area contributed by atoms with Crippen LogP contribution in [0.5, 0.6) is 0 Å². The van der Waals surface area contributed by atoms with Crippen molar-refractivity contribution in [3.05, 3.63) is 29.0 Å². The molecule has 0 aliphatic heterocycles. The molecule has 0 aromatic carbocycles. The van der Waals surface area contributed by atoms with Gasteiger partial charge in [0.05, 0.1) is 5.71 Å². The van der Waals surface area contributed by atoms with E-state index < -0.39 is 0 Å². The van der Waals surface area contributed by atoms with Crippen LogP contribution in [-0.2, 0) is 0 Å². The van der Waals surface area contributed by atoms with Crippen LogP contribution in [0, 0.1) is 0 Å². The van der Waals surface area contributed by atoms with Crippen LogP contribution in [0.15, 0.2) is 23.5 Å². The van der Waals surface area contributed by atoms with Gasteiger partial charge in [-0.25, -0.2) is 4.98 Å². The zero-order valence-electron chi connectivity index (χ0n) is 6.66. The van der Waals surface area contributed by atoms with E-state index in [0.717, 1.165) is 5.56 Å². The van der Waals surface area contributed by atoms with E-state index in [4.69, 9.17) is 16.8 Å². The average molecular weight is 185 g/mol. The van der Waals surface area contributed by atoms with Crippen molar-refractivity contribution in [2.75, 3.05) is 0 Å². The Hall–Kier alpha value is -1.09. The molecule has 0 spiro atoms. The molecule has 64 valence electrons. The molecule has 0 bridgehead atoms. The van der Waals surface area contributed by atoms with Crippen molar-refractivity contribution in [1.29, 1.82) is 0 Å². The van der Waals surface area contributed by atoms with Crippen molar-refractivity contribution < 1.29 is 5.21 Å². The fourth-order valence-corrected chi connectivity index (χ4v) is 0.991. The van der Waals surface area contributed by atoms with Gasteiger partial charge in [0, 0.05) is 11.8 Å². The molecule has 0 fully saturated rings. The maximum Gasteiger partial charge on any atom is 0.129 e. The molecule has 1 N–H and O–H groups in total. The third kappa shape index (κ3) is 1.95. The van der Waals surface area contributed by atoms with E-state index in [2.05, 4.69) is 10.1 Å². The minimum atomic E-state index is 0.437. The SMILES string of the molecule is CCC(=NO)c1ccc(Cl)nc1. The molecule has 3 nitrogen and oxygen atoms in total. The van der Waals surface area contributed by atoms with Gasteiger partial charge in [-0.15, -0.1) is 0 Å². The van der Waals surface area contributed by atoms with Crippen LogP contribution in [0.3, 0.4) is 0 Å². The number of aromatic nitrogens is 1. The lowest BCUT2D eigenvalue weighted by molar-refractivity contribution is 0.318. The second kappa shape index (κ2) is 4.07. The zero-order valence-corrected chi connectivity index (χ0v) is 7.41. The normalized spacial score (nSPS) is 11.7. The molecule has 0 aliphatic rings. The largest absolute Gasteiger partial charge is 0.411 e. The first-order chi connectivity index (χ1) is 5.77. The van der Waals surface area contributed by atoms with Gasteiger partial charge in [0.1, 0.15) is 5.15 Å².